The van der Waals surface area contributed by atoms with Gasteiger partial charge in [-0.25, -0.2) is 27.0 Å². The van der Waals surface area contributed by atoms with E-state index in [0.717, 1.165) is 10.2 Å². The molecule has 68 heavy (non-hydrogen) atoms. The van der Waals surface area contributed by atoms with Crippen LogP contribution in [0.15, 0.2) is 76.7 Å². The summed E-state index contributed by atoms with van der Waals surface area (Å²) in [6, 6.07) is 13.5. The molecule has 1 aliphatic carbocycles. The van der Waals surface area contributed by atoms with E-state index in [1.807, 2.05) is 0 Å². The van der Waals surface area contributed by atoms with Crippen molar-refractivity contribution in [1.82, 2.24) is 33.2 Å². The number of aryl methyl sites for hydroxylation is 2. The summed E-state index contributed by atoms with van der Waals surface area (Å²) in [6.45, 7) is 17.5. The van der Waals surface area contributed by atoms with E-state index in [-0.39, 0.29) is 57.2 Å². The lowest BCUT2D eigenvalue weighted by Gasteiger charge is -2.40. The number of imidazole rings is 1. The fourth-order valence-corrected chi connectivity index (χ4v) is 11.9. The van der Waals surface area contributed by atoms with E-state index in [9.17, 15) is 18.0 Å². The third-order valence-electron chi connectivity index (χ3n) is 13.2. The number of hydrogen-bond acceptors (Lipinski definition) is 12. The highest BCUT2D eigenvalue weighted by atomic mass is 32.2. The van der Waals surface area contributed by atoms with Crippen LogP contribution < -0.4 is 11.0 Å². The van der Waals surface area contributed by atoms with Gasteiger partial charge >= 0.3 is 11.8 Å². The summed E-state index contributed by atoms with van der Waals surface area (Å²) < 4.78 is 99.6. The lowest BCUT2D eigenvalue weighted by Crippen LogP contribution is -2.50. The van der Waals surface area contributed by atoms with Gasteiger partial charge in [0.05, 0.1) is 69.4 Å². The number of rotatable bonds is 14. The van der Waals surface area contributed by atoms with Crippen molar-refractivity contribution in [2.45, 2.75) is 120 Å². The number of halogens is 1. The van der Waals surface area contributed by atoms with Crippen LogP contribution in [-0.4, -0.2) is 96.8 Å². The average molecular weight is 996 g/mol. The fraction of sp³-hybridized carbons (Fsp3) is 0.489. The summed E-state index contributed by atoms with van der Waals surface area (Å²) in [5, 5.41) is 7.09. The molecule has 7 rings (SSSR count). The monoisotopic (exact) mass is 995 g/mol. The van der Waals surface area contributed by atoms with Crippen molar-refractivity contribution < 1.29 is 44.1 Å². The highest BCUT2D eigenvalue weighted by Crippen LogP contribution is 2.48. The zero-order valence-corrected chi connectivity index (χ0v) is 43.5. The largest absolute Gasteiger partial charge is 0.444 e. The number of pyridine rings is 1. The second-order valence-corrected chi connectivity index (χ2v) is 28.5. The SMILES string of the molecule is COC(C)(CCOS(C)(=O)=O)c1ccc(-c2c(-c3cn(C)nc3F)n(S(=O)(=O)c3ccccc3)c3ncc4c(c23)n([C@H]2C[C@H](NC(=O)OC(C)(C)C)[C@H](O[Si](C)(C)C(C)(C)C)C2)c(=O)n4C)cc1. The maximum absolute atomic E-state index is 16.4. The lowest BCUT2D eigenvalue weighted by molar-refractivity contribution is -0.0143. The molecule has 1 amide bonds. The molecule has 2 aromatic carbocycles. The Hall–Kier alpha value is -5.19. The minimum Gasteiger partial charge on any atom is -0.444 e. The quantitative estimate of drug-likeness (QED) is 0.0817. The number of carbonyl (C=O) groups is 1. The van der Waals surface area contributed by atoms with E-state index in [1.54, 1.807) is 81.8 Å². The molecule has 4 atom stereocenters. The van der Waals surface area contributed by atoms with Gasteiger partial charge in [-0.1, -0.05) is 63.2 Å². The molecule has 4 heterocycles. The van der Waals surface area contributed by atoms with Gasteiger partial charge in [-0.3, -0.25) is 18.0 Å². The predicted molar refractivity (Wildman–Crippen MR) is 260 cm³/mol. The number of carbonyl (C=O) groups excluding carboxylic acids is 1. The molecule has 1 saturated carbocycles. The standard InChI is InChI=1S/C47H62FN7O10S2Si/c1-45(2,3)64-43(56)50-34-25-31(26-36(34)65-68(12,13)46(4,5)6)54-40-35(53(9)44(54)57)27-49-42-38(40)37(29-19-21-30(22-20-29)47(7,62-10)23-24-63-66(11,58)59)39(33-28-52(8)51-41(33)48)55(42)67(60,61)32-17-15-14-16-18-32/h14-22,27-28,31,34,36H,23-26H2,1-13H3,(H,50,56)/t31-,34-,36+,47?/m0/s1. The van der Waals surface area contributed by atoms with Crippen LogP contribution in [0.25, 0.3) is 44.5 Å². The van der Waals surface area contributed by atoms with Crippen LogP contribution in [0.1, 0.15) is 79.3 Å². The molecule has 21 heteroatoms. The Labute approximate surface area is 397 Å². The first-order valence-electron chi connectivity index (χ1n) is 22.3. The number of benzene rings is 2. The van der Waals surface area contributed by atoms with E-state index in [1.165, 1.54) is 47.9 Å². The van der Waals surface area contributed by atoms with Crippen molar-refractivity contribution >= 4 is 56.6 Å². The van der Waals surface area contributed by atoms with Crippen molar-refractivity contribution in [2.75, 3.05) is 20.0 Å². The molecular formula is C47H62FN7O10S2Si. The Balaban J connectivity index is 1.54. The number of fused-ring (bicyclic) bond motifs is 3. The first-order valence-corrected chi connectivity index (χ1v) is 28.5. The minimum absolute atomic E-state index is 0.0758. The first-order chi connectivity index (χ1) is 31.5. The maximum atomic E-state index is 16.4. The fourth-order valence-electron chi connectivity index (χ4n) is 8.68. The van der Waals surface area contributed by atoms with E-state index in [4.69, 9.17) is 23.1 Å². The van der Waals surface area contributed by atoms with E-state index >= 15 is 12.8 Å². The van der Waals surface area contributed by atoms with Crippen molar-refractivity contribution in [1.29, 1.82) is 0 Å². The van der Waals surface area contributed by atoms with Gasteiger partial charge < -0.3 is 19.2 Å². The normalized spacial score (nSPS) is 18.4. The Morgan fingerprint density at radius 1 is 0.956 bits per heavy atom. The van der Waals surface area contributed by atoms with Gasteiger partial charge in [0.25, 0.3) is 20.1 Å². The molecule has 4 aromatic heterocycles. The van der Waals surface area contributed by atoms with Gasteiger partial charge in [-0.2, -0.15) is 12.8 Å². The Bertz CT molecular complexity index is 3170. The van der Waals surface area contributed by atoms with E-state index in [2.05, 4.69) is 44.3 Å². The number of nitrogens with one attached hydrogen (secondary N) is 1. The summed E-state index contributed by atoms with van der Waals surface area (Å²) in [5.74, 6) is -0.949. The molecule has 6 aromatic rings. The number of nitrogens with zero attached hydrogens (tertiary/aromatic N) is 6. The predicted octanol–water partition coefficient (Wildman–Crippen LogP) is 7.98. The van der Waals surface area contributed by atoms with Crippen LogP contribution in [0.3, 0.4) is 0 Å². The molecule has 0 bridgehead atoms. The third kappa shape index (κ3) is 9.69. The number of ether oxygens (including phenoxy) is 2. The molecule has 1 aliphatic rings. The number of aromatic nitrogens is 6. The molecule has 0 spiro atoms. The van der Waals surface area contributed by atoms with Crippen LogP contribution in [0, 0.1) is 5.95 Å². The molecule has 1 unspecified atom stereocenters. The molecule has 0 aliphatic heterocycles. The second kappa shape index (κ2) is 18.0. The molecule has 1 fully saturated rings. The maximum Gasteiger partial charge on any atom is 0.407 e. The molecule has 0 radical (unpaired) electrons. The highest BCUT2D eigenvalue weighted by Gasteiger charge is 2.46. The number of alkyl carbamates (subject to hydrolysis) is 1. The van der Waals surface area contributed by atoms with Crippen molar-refractivity contribution in [3.63, 3.8) is 0 Å². The highest BCUT2D eigenvalue weighted by molar-refractivity contribution is 7.90. The van der Waals surface area contributed by atoms with Crippen molar-refractivity contribution in [2.24, 2.45) is 14.1 Å². The van der Waals surface area contributed by atoms with E-state index in [0.29, 0.717) is 28.6 Å². The summed E-state index contributed by atoms with van der Waals surface area (Å²) in [6.07, 6.45) is 3.33. The molecule has 17 nitrogen and oxygen atoms in total. The van der Waals surface area contributed by atoms with Gasteiger partial charge in [0.15, 0.2) is 14.0 Å². The summed E-state index contributed by atoms with van der Waals surface area (Å²) >= 11 is 0. The third-order valence-corrected chi connectivity index (χ3v) is 20.0. The van der Waals surface area contributed by atoms with Crippen LogP contribution in [0.2, 0.25) is 18.1 Å². The Kier molecular flexibility index (Phi) is 13.4. The van der Waals surface area contributed by atoms with E-state index < -0.39 is 75.6 Å². The van der Waals surface area contributed by atoms with Crippen LogP contribution in [0.5, 0.6) is 0 Å². The second-order valence-electron chi connectivity index (χ2n) is 20.3. The summed E-state index contributed by atoms with van der Waals surface area (Å²) in [7, 11) is -6.18. The number of hydrogen-bond donors (Lipinski definition) is 1. The summed E-state index contributed by atoms with van der Waals surface area (Å²) in [5.41, 5.74) is -0.540. The van der Waals surface area contributed by atoms with Crippen LogP contribution in [-0.2, 0) is 57.9 Å². The molecule has 1 N–H and O–H groups in total. The summed E-state index contributed by atoms with van der Waals surface area (Å²) in [4.78, 5) is 33.0. The molecule has 0 saturated heterocycles. The van der Waals surface area contributed by atoms with Crippen LogP contribution >= 0.6 is 0 Å². The van der Waals surface area contributed by atoms with Gasteiger partial charge in [0, 0.05) is 45.4 Å². The topological polar surface area (TPSA) is 197 Å². The van der Waals surface area contributed by atoms with Crippen LogP contribution in [0.4, 0.5) is 9.18 Å². The van der Waals surface area contributed by atoms with Gasteiger partial charge in [-0.15, -0.1) is 5.10 Å². The average Bonchev–Trinajstić information content (AvgIpc) is 3.96. The Morgan fingerprint density at radius 3 is 2.16 bits per heavy atom. The minimum atomic E-state index is -4.58. The zero-order valence-electron chi connectivity index (χ0n) is 40.9. The Morgan fingerprint density at radius 2 is 1.60 bits per heavy atom. The smallest absolute Gasteiger partial charge is 0.407 e. The van der Waals surface area contributed by atoms with Gasteiger partial charge in [-0.05, 0) is 81.9 Å². The van der Waals surface area contributed by atoms with Gasteiger partial charge in [0.2, 0.25) is 5.95 Å². The zero-order chi connectivity index (χ0) is 50.1. The molecule has 368 valence electrons. The lowest BCUT2D eigenvalue weighted by atomic mass is 9.90. The van der Waals surface area contributed by atoms with Crippen molar-refractivity contribution in [3.8, 4) is 22.4 Å². The number of amides is 1. The number of methoxy groups -OCH3 is 1. The van der Waals surface area contributed by atoms with Crippen molar-refractivity contribution in [3.05, 3.63) is 89.0 Å². The molecular weight excluding hydrogens is 934 g/mol. The first kappa shape index (κ1) is 50.7. The van der Waals surface area contributed by atoms with Gasteiger partial charge in [0.1, 0.15) is 5.60 Å².